The Labute approximate surface area is 104 Å². The lowest BCUT2D eigenvalue weighted by Crippen LogP contribution is -2.50. The maximum atomic E-state index is 11.5. The van der Waals surface area contributed by atoms with Crippen LogP contribution in [0.1, 0.15) is 19.8 Å². The third kappa shape index (κ3) is 5.78. The molecular formula is C10H23N3O3S. The fourth-order valence-corrected chi connectivity index (χ4v) is 2.77. The van der Waals surface area contributed by atoms with Crippen molar-refractivity contribution in [3.05, 3.63) is 0 Å². The van der Waals surface area contributed by atoms with Gasteiger partial charge in [0.05, 0.1) is 6.61 Å². The third-order valence-corrected chi connectivity index (χ3v) is 4.15. The summed E-state index contributed by atoms with van der Waals surface area (Å²) in [6, 6.07) is 0.225. The van der Waals surface area contributed by atoms with Crippen molar-refractivity contribution >= 4 is 10.2 Å². The van der Waals surface area contributed by atoms with E-state index in [2.05, 4.69) is 21.7 Å². The molecule has 1 aliphatic rings. The average Bonchev–Trinajstić information content (AvgIpc) is 2.28. The highest BCUT2D eigenvalue weighted by Crippen LogP contribution is 2.14. The molecule has 2 atom stereocenters. The summed E-state index contributed by atoms with van der Waals surface area (Å²) in [6.45, 7) is 4.21. The van der Waals surface area contributed by atoms with Gasteiger partial charge in [-0.05, 0) is 25.3 Å². The molecule has 1 rings (SSSR count). The van der Waals surface area contributed by atoms with E-state index in [1.807, 2.05) is 0 Å². The molecule has 0 spiro atoms. The minimum Gasteiger partial charge on any atom is -0.383 e. The molecule has 0 aromatic carbocycles. The van der Waals surface area contributed by atoms with Crippen LogP contribution in [-0.4, -0.2) is 47.8 Å². The number of ether oxygens (including phenoxy) is 1. The van der Waals surface area contributed by atoms with Crippen molar-refractivity contribution in [1.29, 1.82) is 0 Å². The second-order valence-corrected chi connectivity index (χ2v) is 6.00. The van der Waals surface area contributed by atoms with Crippen molar-refractivity contribution in [2.75, 3.05) is 33.4 Å². The molecule has 102 valence electrons. The van der Waals surface area contributed by atoms with Crippen LogP contribution in [0, 0.1) is 5.92 Å². The molecule has 6 nitrogen and oxygen atoms in total. The smallest absolute Gasteiger partial charge is 0.277 e. The molecule has 0 aliphatic carbocycles. The quantitative estimate of drug-likeness (QED) is 0.539. The van der Waals surface area contributed by atoms with E-state index in [1.54, 1.807) is 0 Å². The highest BCUT2D eigenvalue weighted by atomic mass is 32.2. The highest BCUT2D eigenvalue weighted by molar-refractivity contribution is 7.87. The minimum atomic E-state index is -3.40. The fourth-order valence-electron chi connectivity index (χ4n) is 1.92. The summed E-state index contributed by atoms with van der Waals surface area (Å²) in [6.07, 6.45) is 2.31. The Kier molecular flexibility index (Phi) is 6.35. The van der Waals surface area contributed by atoms with Crippen LogP contribution in [0.25, 0.3) is 0 Å². The number of methoxy groups -OCH3 is 1. The van der Waals surface area contributed by atoms with Gasteiger partial charge in [0.2, 0.25) is 0 Å². The van der Waals surface area contributed by atoms with E-state index in [9.17, 15) is 8.42 Å². The second kappa shape index (κ2) is 7.27. The van der Waals surface area contributed by atoms with Crippen LogP contribution in [-0.2, 0) is 14.9 Å². The average molecular weight is 265 g/mol. The van der Waals surface area contributed by atoms with Crippen LogP contribution < -0.4 is 14.8 Å². The zero-order chi connectivity index (χ0) is 12.7. The molecule has 0 saturated carbocycles. The Morgan fingerprint density at radius 3 is 2.82 bits per heavy atom. The predicted octanol–water partition coefficient (Wildman–Crippen LogP) is -0.555. The van der Waals surface area contributed by atoms with Gasteiger partial charge in [0.1, 0.15) is 0 Å². The molecule has 0 aromatic heterocycles. The van der Waals surface area contributed by atoms with Crippen LogP contribution in [0.3, 0.4) is 0 Å². The monoisotopic (exact) mass is 265 g/mol. The summed E-state index contributed by atoms with van der Waals surface area (Å²) in [5.74, 6) is 0.505. The first kappa shape index (κ1) is 14.8. The number of hydrogen-bond donors (Lipinski definition) is 3. The van der Waals surface area contributed by atoms with Gasteiger partial charge in [-0.3, -0.25) is 0 Å². The topological polar surface area (TPSA) is 79.5 Å². The Balaban J connectivity index is 2.28. The van der Waals surface area contributed by atoms with Crippen LogP contribution in [0.4, 0.5) is 0 Å². The van der Waals surface area contributed by atoms with Crippen LogP contribution >= 0.6 is 0 Å². The van der Waals surface area contributed by atoms with E-state index in [-0.39, 0.29) is 6.04 Å². The SMILES string of the molecule is COCCNS(=O)(=O)NCC1NCCCC1C. The zero-order valence-electron chi connectivity index (χ0n) is 10.5. The van der Waals surface area contributed by atoms with E-state index in [0.29, 0.717) is 25.6 Å². The molecule has 1 heterocycles. The van der Waals surface area contributed by atoms with Gasteiger partial charge >= 0.3 is 0 Å². The van der Waals surface area contributed by atoms with Gasteiger partial charge in [0, 0.05) is 26.2 Å². The largest absolute Gasteiger partial charge is 0.383 e. The van der Waals surface area contributed by atoms with Crippen LogP contribution in [0.5, 0.6) is 0 Å². The van der Waals surface area contributed by atoms with Gasteiger partial charge in [0.25, 0.3) is 10.2 Å². The standard InChI is InChI=1S/C10H23N3O3S/c1-9-4-3-5-11-10(9)8-13-17(14,15)12-6-7-16-2/h9-13H,3-8H2,1-2H3. The number of hydrogen-bond acceptors (Lipinski definition) is 4. The molecule has 0 bridgehead atoms. The van der Waals surface area contributed by atoms with Gasteiger partial charge in [-0.1, -0.05) is 6.92 Å². The summed E-state index contributed by atoms with van der Waals surface area (Å²) >= 11 is 0. The third-order valence-electron chi connectivity index (χ3n) is 3.02. The van der Waals surface area contributed by atoms with Gasteiger partial charge in [0.15, 0.2) is 0 Å². The van der Waals surface area contributed by atoms with Crippen molar-refractivity contribution < 1.29 is 13.2 Å². The first-order valence-corrected chi connectivity index (χ1v) is 7.50. The van der Waals surface area contributed by atoms with E-state index in [1.165, 1.54) is 7.11 Å². The van der Waals surface area contributed by atoms with Crippen LogP contribution in [0.15, 0.2) is 0 Å². The molecule has 17 heavy (non-hydrogen) atoms. The number of nitrogens with one attached hydrogen (secondary N) is 3. The number of rotatable bonds is 7. The summed E-state index contributed by atoms with van der Waals surface area (Å²) in [4.78, 5) is 0. The van der Waals surface area contributed by atoms with Crippen LogP contribution in [0.2, 0.25) is 0 Å². The lowest BCUT2D eigenvalue weighted by molar-refractivity contribution is 0.204. The second-order valence-electron chi connectivity index (χ2n) is 4.42. The van der Waals surface area contributed by atoms with E-state index < -0.39 is 10.2 Å². The molecular weight excluding hydrogens is 242 g/mol. The lowest BCUT2D eigenvalue weighted by Gasteiger charge is -2.30. The van der Waals surface area contributed by atoms with Gasteiger partial charge in [-0.25, -0.2) is 4.72 Å². The molecule has 3 N–H and O–H groups in total. The summed E-state index contributed by atoms with van der Waals surface area (Å²) in [7, 11) is -1.86. The maximum Gasteiger partial charge on any atom is 0.277 e. The minimum absolute atomic E-state index is 0.225. The maximum absolute atomic E-state index is 11.5. The molecule has 2 unspecified atom stereocenters. The Morgan fingerprint density at radius 2 is 2.18 bits per heavy atom. The van der Waals surface area contributed by atoms with Crippen molar-refractivity contribution in [2.24, 2.45) is 5.92 Å². The Morgan fingerprint density at radius 1 is 1.41 bits per heavy atom. The zero-order valence-corrected chi connectivity index (χ0v) is 11.3. The molecule has 1 saturated heterocycles. The lowest BCUT2D eigenvalue weighted by atomic mass is 9.93. The van der Waals surface area contributed by atoms with Gasteiger partial charge < -0.3 is 10.1 Å². The van der Waals surface area contributed by atoms with E-state index in [4.69, 9.17) is 4.74 Å². The van der Waals surface area contributed by atoms with E-state index >= 15 is 0 Å². The van der Waals surface area contributed by atoms with Crippen molar-refractivity contribution in [1.82, 2.24) is 14.8 Å². The fraction of sp³-hybridized carbons (Fsp3) is 1.00. The van der Waals surface area contributed by atoms with Gasteiger partial charge in [-0.2, -0.15) is 13.1 Å². The summed E-state index contributed by atoms with van der Waals surface area (Å²) < 4.78 is 32.9. The van der Waals surface area contributed by atoms with E-state index in [0.717, 1.165) is 19.4 Å². The van der Waals surface area contributed by atoms with Crippen molar-refractivity contribution in [2.45, 2.75) is 25.8 Å². The molecule has 0 amide bonds. The first-order chi connectivity index (χ1) is 8.05. The molecule has 1 fully saturated rings. The predicted molar refractivity (Wildman–Crippen MR) is 67.0 cm³/mol. The summed E-state index contributed by atoms with van der Waals surface area (Å²) in [5.41, 5.74) is 0. The Hall–Kier alpha value is -0.210. The normalized spacial score (nSPS) is 26.0. The van der Waals surface area contributed by atoms with Crippen molar-refractivity contribution in [3.63, 3.8) is 0 Å². The first-order valence-electron chi connectivity index (χ1n) is 6.02. The Bertz CT molecular complexity index is 308. The molecule has 0 aromatic rings. The van der Waals surface area contributed by atoms with Gasteiger partial charge in [-0.15, -0.1) is 0 Å². The number of piperidine rings is 1. The molecule has 1 aliphatic heterocycles. The van der Waals surface area contributed by atoms with Crippen molar-refractivity contribution in [3.8, 4) is 0 Å². The highest BCUT2D eigenvalue weighted by Gasteiger charge is 2.22. The molecule has 0 radical (unpaired) electrons. The summed E-state index contributed by atoms with van der Waals surface area (Å²) in [5, 5.41) is 3.33. The molecule has 7 heteroatoms.